The Morgan fingerprint density at radius 1 is 1.16 bits per heavy atom. The van der Waals surface area contributed by atoms with E-state index in [4.69, 9.17) is 9.47 Å². The number of rotatable bonds is 10. The molecule has 2 aromatic rings. The molecule has 0 aliphatic rings. The van der Waals surface area contributed by atoms with E-state index in [9.17, 15) is 19.5 Å². The average molecular weight is 447 g/mol. The fraction of sp³-hybridized carbons (Fsp3) is 0.455. The molecule has 0 spiro atoms. The van der Waals surface area contributed by atoms with Crippen molar-refractivity contribution in [3.05, 3.63) is 54.1 Å². The lowest BCUT2D eigenvalue weighted by molar-refractivity contribution is -0.147. The number of esters is 1. The predicted molar refractivity (Wildman–Crippen MR) is 115 cm³/mol. The molecule has 4 N–H and O–H groups in total. The van der Waals surface area contributed by atoms with Crippen molar-refractivity contribution in [3.63, 3.8) is 0 Å². The van der Waals surface area contributed by atoms with Gasteiger partial charge < -0.3 is 30.2 Å². The summed E-state index contributed by atoms with van der Waals surface area (Å²) >= 11 is 0. The smallest absolute Gasteiger partial charge is 0.408 e. The molecule has 1 aromatic heterocycles. The van der Waals surface area contributed by atoms with Crippen LogP contribution in [0.15, 0.2) is 42.9 Å². The van der Waals surface area contributed by atoms with Crippen LogP contribution in [0.25, 0.3) is 0 Å². The molecule has 0 saturated carbocycles. The number of amides is 2. The van der Waals surface area contributed by atoms with Crippen LogP contribution < -0.4 is 10.6 Å². The third kappa shape index (κ3) is 9.17. The number of aromatic nitrogens is 2. The highest BCUT2D eigenvalue weighted by Crippen LogP contribution is 2.09. The molecule has 0 radical (unpaired) electrons. The normalized spacial score (nSPS) is 13.0. The zero-order valence-electron chi connectivity index (χ0n) is 18.5. The summed E-state index contributed by atoms with van der Waals surface area (Å²) in [6.45, 7) is 4.74. The summed E-state index contributed by atoms with van der Waals surface area (Å²) in [5, 5.41) is 14.7. The zero-order chi connectivity index (χ0) is 23.6. The van der Waals surface area contributed by atoms with Gasteiger partial charge in [0.2, 0.25) is 5.91 Å². The second kappa shape index (κ2) is 11.8. The molecule has 2 amide bonds. The SMILES string of the molecule is CC(C)(C)OC(=O)NC(CC(=O)OCc1ccccc1)C(=O)NC(CO)Cc1cnc[nH]1. The van der Waals surface area contributed by atoms with E-state index >= 15 is 0 Å². The van der Waals surface area contributed by atoms with Gasteiger partial charge in [-0.25, -0.2) is 9.78 Å². The molecular formula is C22H30N4O6. The summed E-state index contributed by atoms with van der Waals surface area (Å²) < 4.78 is 10.4. The van der Waals surface area contributed by atoms with Crippen molar-refractivity contribution >= 4 is 18.0 Å². The number of aromatic amines is 1. The molecular weight excluding hydrogens is 416 g/mol. The second-order valence-corrected chi connectivity index (χ2v) is 8.22. The maximum Gasteiger partial charge on any atom is 0.408 e. The van der Waals surface area contributed by atoms with Gasteiger partial charge in [0, 0.05) is 18.3 Å². The fourth-order valence-electron chi connectivity index (χ4n) is 2.75. The van der Waals surface area contributed by atoms with Crippen molar-refractivity contribution in [1.82, 2.24) is 20.6 Å². The molecule has 0 aliphatic carbocycles. The quantitative estimate of drug-likeness (QED) is 0.405. The number of hydrogen-bond donors (Lipinski definition) is 4. The molecule has 0 bridgehead atoms. The topological polar surface area (TPSA) is 143 Å². The summed E-state index contributed by atoms with van der Waals surface area (Å²) in [5.41, 5.74) is 0.720. The molecule has 0 fully saturated rings. The van der Waals surface area contributed by atoms with Crippen LogP contribution in [0.2, 0.25) is 0 Å². The number of nitrogens with zero attached hydrogens (tertiary/aromatic N) is 1. The van der Waals surface area contributed by atoms with Crippen LogP contribution in [0.4, 0.5) is 4.79 Å². The van der Waals surface area contributed by atoms with Crippen molar-refractivity contribution < 1.29 is 29.0 Å². The lowest BCUT2D eigenvalue weighted by atomic mass is 10.1. The van der Waals surface area contributed by atoms with Crippen LogP contribution in [-0.2, 0) is 32.1 Å². The van der Waals surface area contributed by atoms with E-state index in [-0.39, 0.29) is 13.2 Å². The largest absolute Gasteiger partial charge is 0.461 e. The first-order valence-electron chi connectivity index (χ1n) is 10.2. The molecule has 0 aliphatic heterocycles. The monoisotopic (exact) mass is 446 g/mol. The molecule has 1 heterocycles. The minimum atomic E-state index is -1.25. The van der Waals surface area contributed by atoms with Crippen LogP contribution in [0.5, 0.6) is 0 Å². The van der Waals surface area contributed by atoms with Crippen LogP contribution in [-0.4, -0.2) is 57.3 Å². The lowest BCUT2D eigenvalue weighted by Gasteiger charge is -2.24. The van der Waals surface area contributed by atoms with Crippen molar-refractivity contribution in [2.24, 2.45) is 0 Å². The molecule has 0 saturated heterocycles. The first-order chi connectivity index (χ1) is 15.2. The minimum Gasteiger partial charge on any atom is -0.461 e. The van der Waals surface area contributed by atoms with Crippen molar-refractivity contribution in [1.29, 1.82) is 0 Å². The maximum atomic E-state index is 12.8. The summed E-state index contributed by atoms with van der Waals surface area (Å²) in [7, 11) is 0. The fourth-order valence-corrected chi connectivity index (χ4v) is 2.75. The number of nitrogens with one attached hydrogen (secondary N) is 3. The molecule has 2 rings (SSSR count). The third-order valence-corrected chi connectivity index (χ3v) is 4.21. The first kappa shape index (κ1) is 24.9. The third-order valence-electron chi connectivity index (χ3n) is 4.21. The second-order valence-electron chi connectivity index (χ2n) is 8.22. The van der Waals surface area contributed by atoms with Gasteiger partial charge in [0.05, 0.1) is 25.4 Å². The van der Waals surface area contributed by atoms with Gasteiger partial charge in [-0.3, -0.25) is 9.59 Å². The van der Waals surface area contributed by atoms with E-state index in [1.54, 1.807) is 39.1 Å². The van der Waals surface area contributed by atoms with Gasteiger partial charge in [0.15, 0.2) is 0 Å². The summed E-state index contributed by atoms with van der Waals surface area (Å²) in [6, 6.07) is 7.19. The van der Waals surface area contributed by atoms with E-state index in [0.717, 1.165) is 5.56 Å². The van der Waals surface area contributed by atoms with Crippen molar-refractivity contribution in [2.75, 3.05) is 6.61 Å². The van der Waals surface area contributed by atoms with Crippen molar-refractivity contribution in [2.45, 2.75) is 57.9 Å². The molecule has 10 heteroatoms. The number of hydrogen-bond acceptors (Lipinski definition) is 7. The Kier molecular flexibility index (Phi) is 9.21. The van der Waals surface area contributed by atoms with E-state index < -0.39 is 42.1 Å². The number of alkyl carbamates (subject to hydrolysis) is 1. The Bertz CT molecular complexity index is 864. The minimum absolute atomic E-state index is 0.0412. The Morgan fingerprint density at radius 3 is 2.47 bits per heavy atom. The number of carbonyl (C=O) groups excluding carboxylic acids is 3. The van der Waals surface area contributed by atoms with Gasteiger partial charge in [-0.15, -0.1) is 0 Å². The highest BCUT2D eigenvalue weighted by molar-refractivity contribution is 5.89. The molecule has 32 heavy (non-hydrogen) atoms. The van der Waals surface area contributed by atoms with Crippen LogP contribution in [0.3, 0.4) is 0 Å². The van der Waals surface area contributed by atoms with Gasteiger partial charge in [-0.05, 0) is 26.3 Å². The van der Waals surface area contributed by atoms with Crippen molar-refractivity contribution in [3.8, 4) is 0 Å². The van der Waals surface area contributed by atoms with E-state index in [1.807, 2.05) is 18.2 Å². The molecule has 10 nitrogen and oxygen atoms in total. The van der Waals surface area contributed by atoms with Gasteiger partial charge in [0.25, 0.3) is 0 Å². The van der Waals surface area contributed by atoms with Gasteiger partial charge in [-0.1, -0.05) is 30.3 Å². The molecule has 174 valence electrons. The Labute approximate surface area is 186 Å². The number of carbonyl (C=O) groups is 3. The molecule has 1 aromatic carbocycles. The van der Waals surface area contributed by atoms with E-state index in [2.05, 4.69) is 20.6 Å². The average Bonchev–Trinajstić information content (AvgIpc) is 3.23. The Hall–Kier alpha value is -3.40. The number of benzene rings is 1. The highest BCUT2D eigenvalue weighted by atomic mass is 16.6. The number of aliphatic hydroxyl groups is 1. The van der Waals surface area contributed by atoms with Gasteiger partial charge in [-0.2, -0.15) is 0 Å². The number of ether oxygens (including phenoxy) is 2. The van der Waals surface area contributed by atoms with E-state index in [1.165, 1.54) is 6.33 Å². The highest BCUT2D eigenvalue weighted by Gasteiger charge is 2.28. The number of imidazole rings is 1. The van der Waals surface area contributed by atoms with Crippen LogP contribution >= 0.6 is 0 Å². The number of H-pyrrole nitrogens is 1. The lowest BCUT2D eigenvalue weighted by Crippen LogP contribution is -2.52. The van der Waals surface area contributed by atoms with Crippen LogP contribution in [0.1, 0.15) is 38.4 Å². The van der Waals surface area contributed by atoms with E-state index in [0.29, 0.717) is 12.1 Å². The summed E-state index contributed by atoms with van der Waals surface area (Å²) in [6.07, 6.45) is 2.11. The standard InChI is InChI=1S/C22H30N4O6/c1-22(2,3)32-21(30)26-18(10-19(28)31-13-15-7-5-4-6-8-15)20(29)25-17(12-27)9-16-11-23-14-24-16/h4-8,11,14,17-18,27H,9-10,12-13H2,1-3H3,(H,23,24)(H,25,29)(H,26,30). The van der Waals surface area contributed by atoms with Crippen LogP contribution in [0, 0.1) is 0 Å². The van der Waals surface area contributed by atoms with Gasteiger partial charge >= 0.3 is 12.1 Å². The first-order valence-corrected chi connectivity index (χ1v) is 10.2. The zero-order valence-corrected chi connectivity index (χ0v) is 18.5. The predicted octanol–water partition coefficient (Wildman–Crippen LogP) is 1.46. The maximum absolute atomic E-state index is 12.8. The summed E-state index contributed by atoms with van der Waals surface area (Å²) in [4.78, 5) is 44.2. The molecule has 2 atom stereocenters. The Balaban J connectivity index is 2.01. The Morgan fingerprint density at radius 2 is 1.88 bits per heavy atom. The molecule has 2 unspecified atom stereocenters. The van der Waals surface area contributed by atoms with Gasteiger partial charge in [0.1, 0.15) is 18.2 Å². The number of aliphatic hydroxyl groups excluding tert-OH is 1. The summed E-state index contributed by atoms with van der Waals surface area (Å²) in [5.74, 6) is -1.31.